The van der Waals surface area contributed by atoms with Crippen LogP contribution in [0.25, 0.3) is 0 Å². The van der Waals surface area contributed by atoms with Gasteiger partial charge in [-0.1, -0.05) is 0 Å². The molecule has 1 atom stereocenters. The molecule has 0 fully saturated rings. The van der Waals surface area contributed by atoms with E-state index in [2.05, 4.69) is 4.74 Å². The lowest BCUT2D eigenvalue weighted by Crippen LogP contribution is -2.46. The van der Waals surface area contributed by atoms with Gasteiger partial charge in [-0.2, -0.15) is 0 Å². The van der Waals surface area contributed by atoms with Gasteiger partial charge in [-0.25, -0.2) is 0 Å². The third-order valence-electron chi connectivity index (χ3n) is 2.10. The van der Waals surface area contributed by atoms with Crippen LogP contribution in [0.5, 0.6) is 0 Å². The summed E-state index contributed by atoms with van der Waals surface area (Å²) in [5.41, 5.74) is 5.15. The molecule has 0 saturated heterocycles. The van der Waals surface area contributed by atoms with Crippen molar-refractivity contribution in [2.24, 2.45) is 5.73 Å². The Kier molecular flexibility index (Phi) is 6.64. The van der Waals surface area contributed by atoms with Crippen molar-refractivity contribution >= 4 is 11.9 Å². The molecule has 0 heterocycles. The van der Waals surface area contributed by atoms with Gasteiger partial charge in [0.2, 0.25) is 5.91 Å². The van der Waals surface area contributed by atoms with Gasteiger partial charge in [0.25, 0.3) is 0 Å². The molecule has 6 heteroatoms. The van der Waals surface area contributed by atoms with Crippen LogP contribution in [0.15, 0.2) is 0 Å². The molecule has 0 saturated carbocycles. The smallest absolute Gasteiger partial charge is 0.319 e. The third-order valence-corrected chi connectivity index (χ3v) is 2.10. The summed E-state index contributed by atoms with van der Waals surface area (Å²) in [5, 5.41) is 0. The van der Waals surface area contributed by atoms with Crippen molar-refractivity contribution in [3.05, 3.63) is 0 Å². The summed E-state index contributed by atoms with van der Waals surface area (Å²) in [6.07, 6.45) is 0. The van der Waals surface area contributed by atoms with Crippen LogP contribution in [0, 0.1) is 0 Å². The first-order valence-electron chi connectivity index (χ1n) is 4.62. The van der Waals surface area contributed by atoms with E-state index in [9.17, 15) is 9.59 Å². The SMILES string of the molecule is COCCN(CC(=O)OC)C(C)C(N)=O. The van der Waals surface area contributed by atoms with Gasteiger partial charge in [0.05, 0.1) is 26.3 Å². The molecule has 0 rings (SSSR count). The number of amides is 1. The standard InChI is InChI=1S/C9H18N2O4/c1-7(9(10)13)11(4-5-14-2)6-8(12)15-3/h7H,4-6H2,1-3H3,(H2,10,13). The molecule has 0 spiro atoms. The van der Waals surface area contributed by atoms with Gasteiger partial charge >= 0.3 is 5.97 Å². The number of carbonyl (C=O) groups excluding carboxylic acids is 2. The summed E-state index contributed by atoms with van der Waals surface area (Å²) >= 11 is 0. The predicted octanol–water partition coefficient (Wildman–Crippen LogP) is -1.02. The van der Waals surface area contributed by atoms with E-state index in [0.717, 1.165) is 0 Å². The van der Waals surface area contributed by atoms with Crippen molar-refractivity contribution < 1.29 is 19.1 Å². The third kappa shape index (κ3) is 5.34. The molecular weight excluding hydrogens is 200 g/mol. The largest absolute Gasteiger partial charge is 0.468 e. The quantitative estimate of drug-likeness (QED) is 0.553. The van der Waals surface area contributed by atoms with E-state index in [-0.39, 0.29) is 6.54 Å². The number of nitrogens with two attached hydrogens (primary N) is 1. The zero-order valence-electron chi connectivity index (χ0n) is 9.36. The molecule has 0 aliphatic rings. The number of hydrogen-bond acceptors (Lipinski definition) is 5. The molecule has 0 radical (unpaired) electrons. The topological polar surface area (TPSA) is 81.9 Å². The molecular formula is C9H18N2O4. The second kappa shape index (κ2) is 7.19. The Morgan fingerprint density at radius 2 is 2.00 bits per heavy atom. The highest BCUT2D eigenvalue weighted by atomic mass is 16.5. The van der Waals surface area contributed by atoms with E-state index in [1.165, 1.54) is 7.11 Å². The van der Waals surface area contributed by atoms with Crippen LogP contribution in [-0.4, -0.2) is 56.7 Å². The van der Waals surface area contributed by atoms with Crippen LogP contribution >= 0.6 is 0 Å². The van der Waals surface area contributed by atoms with E-state index in [4.69, 9.17) is 10.5 Å². The zero-order chi connectivity index (χ0) is 11.8. The molecule has 15 heavy (non-hydrogen) atoms. The molecule has 1 unspecified atom stereocenters. The molecule has 0 aromatic rings. The molecule has 0 aliphatic heterocycles. The predicted molar refractivity (Wildman–Crippen MR) is 54.1 cm³/mol. The van der Waals surface area contributed by atoms with Crippen LogP contribution in [0.3, 0.4) is 0 Å². The summed E-state index contributed by atoms with van der Waals surface area (Å²) < 4.78 is 9.39. The van der Waals surface area contributed by atoms with Crippen molar-refractivity contribution in [1.82, 2.24) is 4.90 Å². The first-order valence-corrected chi connectivity index (χ1v) is 4.62. The first-order chi connectivity index (χ1) is 7.02. The first kappa shape index (κ1) is 13.9. The number of methoxy groups -OCH3 is 2. The Hall–Kier alpha value is -1.14. The molecule has 0 bridgehead atoms. The van der Waals surface area contributed by atoms with Gasteiger partial charge in [-0.15, -0.1) is 0 Å². The van der Waals surface area contributed by atoms with Crippen LogP contribution in [0.1, 0.15) is 6.92 Å². The van der Waals surface area contributed by atoms with Crippen molar-refractivity contribution in [2.75, 3.05) is 33.9 Å². The Balaban J connectivity index is 4.29. The molecule has 0 aliphatic carbocycles. The summed E-state index contributed by atoms with van der Waals surface area (Å²) in [4.78, 5) is 23.6. The van der Waals surface area contributed by atoms with E-state index in [0.29, 0.717) is 13.2 Å². The lowest BCUT2D eigenvalue weighted by Gasteiger charge is -2.25. The summed E-state index contributed by atoms with van der Waals surface area (Å²) in [6.45, 7) is 2.55. The fourth-order valence-electron chi connectivity index (χ4n) is 1.03. The average molecular weight is 218 g/mol. The van der Waals surface area contributed by atoms with E-state index in [1.807, 2.05) is 0 Å². The minimum atomic E-state index is -0.515. The number of nitrogens with zero attached hydrogens (tertiary/aromatic N) is 1. The maximum atomic E-state index is 11.1. The van der Waals surface area contributed by atoms with Crippen LogP contribution in [0.2, 0.25) is 0 Å². The highest BCUT2D eigenvalue weighted by Gasteiger charge is 2.21. The molecule has 0 aromatic heterocycles. The average Bonchev–Trinajstić information content (AvgIpc) is 2.22. The molecule has 2 N–H and O–H groups in total. The summed E-state index contributed by atoms with van der Waals surface area (Å²) in [6, 6.07) is -0.515. The lowest BCUT2D eigenvalue weighted by molar-refractivity contribution is -0.143. The number of hydrogen-bond donors (Lipinski definition) is 1. The molecule has 1 amide bonds. The fourth-order valence-corrected chi connectivity index (χ4v) is 1.03. The monoisotopic (exact) mass is 218 g/mol. The normalized spacial score (nSPS) is 12.5. The number of rotatable bonds is 7. The number of esters is 1. The van der Waals surface area contributed by atoms with Crippen LogP contribution in [-0.2, 0) is 19.1 Å². The molecule has 88 valence electrons. The number of carbonyl (C=O) groups is 2. The van der Waals surface area contributed by atoms with Gasteiger partial charge in [0.1, 0.15) is 0 Å². The van der Waals surface area contributed by atoms with Crippen molar-refractivity contribution in [2.45, 2.75) is 13.0 Å². The van der Waals surface area contributed by atoms with Crippen molar-refractivity contribution in [3.63, 3.8) is 0 Å². The van der Waals surface area contributed by atoms with Gasteiger partial charge in [0.15, 0.2) is 0 Å². The second-order valence-electron chi connectivity index (χ2n) is 3.12. The van der Waals surface area contributed by atoms with Gasteiger partial charge in [-0.3, -0.25) is 14.5 Å². The molecule has 6 nitrogen and oxygen atoms in total. The Morgan fingerprint density at radius 1 is 1.40 bits per heavy atom. The second-order valence-corrected chi connectivity index (χ2v) is 3.12. The van der Waals surface area contributed by atoms with E-state index < -0.39 is 17.9 Å². The lowest BCUT2D eigenvalue weighted by atomic mass is 10.2. The highest BCUT2D eigenvalue weighted by Crippen LogP contribution is 1.98. The van der Waals surface area contributed by atoms with Crippen LogP contribution < -0.4 is 5.73 Å². The number of ether oxygens (including phenoxy) is 2. The molecule has 0 aromatic carbocycles. The summed E-state index contributed by atoms with van der Waals surface area (Å²) in [5.74, 6) is -0.880. The summed E-state index contributed by atoms with van der Waals surface area (Å²) in [7, 11) is 2.84. The number of primary amides is 1. The Morgan fingerprint density at radius 3 is 2.40 bits per heavy atom. The minimum absolute atomic E-state index is 0.0317. The van der Waals surface area contributed by atoms with Gasteiger partial charge < -0.3 is 15.2 Å². The minimum Gasteiger partial charge on any atom is -0.468 e. The maximum absolute atomic E-state index is 11.1. The van der Waals surface area contributed by atoms with E-state index in [1.54, 1.807) is 18.9 Å². The Labute approximate surface area is 89.3 Å². The van der Waals surface area contributed by atoms with Crippen molar-refractivity contribution in [1.29, 1.82) is 0 Å². The Bertz CT molecular complexity index is 220. The highest BCUT2D eigenvalue weighted by molar-refractivity contribution is 5.80. The van der Waals surface area contributed by atoms with Crippen molar-refractivity contribution in [3.8, 4) is 0 Å². The maximum Gasteiger partial charge on any atom is 0.319 e. The van der Waals surface area contributed by atoms with Gasteiger partial charge in [0, 0.05) is 13.7 Å². The van der Waals surface area contributed by atoms with Gasteiger partial charge in [-0.05, 0) is 6.92 Å². The van der Waals surface area contributed by atoms with E-state index >= 15 is 0 Å². The fraction of sp³-hybridized carbons (Fsp3) is 0.778. The van der Waals surface area contributed by atoms with Crippen LogP contribution in [0.4, 0.5) is 0 Å². The zero-order valence-corrected chi connectivity index (χ0v) is 9.36.